The van der Waals surface area contributed by atoms with E-state index in [9.17, 15) is 23.1 Å². The van der Waals surface area contributed by atoms with E-state index in [-0.39, 0.29) is 25.4 Å². The molecule has 118 valence electrons. The smallest absolute Gasteiger partial charge is 0.382 e. The van der Waals surface area contributed by atoms with Crippen molar-refractivity contribution >= 4 is 17.1 Å². The molecule has 0 aromatic carbocycles. The molecule has 21 heavy (non-hydrogen) atoms. The van der Waals surface area contributed by atoms with Crippen LogP contribution in [0.15, 0.2) is 17.5 Å². The number of morpholine rings is 1. The van der Waals surface area contributed by atoms with Crippen LogP contribution in [-0.2, 0) is 4.74 Å². The number of ketones is 1. The van der Waals surface area contributed by atoms with E-state index in [1.165, 1.54) is 16.2 Å². The summed E-state index contributed by atoms with van der Waals surface area (Å²) in [5.74, 6) is -0.119. The predicted octanol–water partition coefficient (Wildman–Crippen LogP) is 1.94. The third-order valence-corrected chi connectivity index (χ3v) is 4.26. The third kappa shape index (κ3) is 4.50. The van der Waals surface area contributed by atoms with Gasteiger partial charge in [-0.15, -0.1) is 11.3 Å². The van der Waals surface area contributed by atoms with E-state index in [1.54, 1.807) is 17.5 Å². The average Bonchev–Trinajstić information content (AvgIpc) is 2.93. The predicted molar refractivity (Wildman–Crippen MR) is 71.5 cm³/mol. The normalized spacial score (nSPS) is 22.2. The molecule has 0 unspecified atom stereocenters. The van der Waals surface area contributed by atoms with E-state index in [4.69, 9.17) is 4.74 Å². The molecule has 4 nitrogen and oxygen atoms in total. The largest absolute Gasteiger partial charge is 0.415 e. The zero-order valence-corrected chi connectivity index (χ0v) is 12.0. The average molecular weight is 323 g/mol. The van der Waals surface area contributed by atoms with Crippen LogP contribution in [-0.4, -0.2) is 60.4 Å². The van der Waals surface area contributed by atoms with Gasteiger partial charge in [0.15, 0.2) is 11.9 Å². The summed E-state index contributed by atoms with van der Waals surface area (Å²) in [6.45, 7) is 0.237. The maximum Gasteiger partial charge on any atom is 0.415 e. The van der Waals surface area contributed by atoms with Crippen molar-refractivity contribution in [3.05, 3.63) is 22.4 Å². The number of nitrogens with zero attached hydrogens (tertiary/aromatic N) is 1. The van der Waals surface area contributed by atoms with Crippen molar-refractivity contribution < 1.29 is 27.8 Å². The fraction of sp³-hybridized carbons (Fsp3) is 0.615. The van der Waals surface area contributed by atoms with Gasteiger partial charge in [0.1, 0.15) is 0 Å². The van der Waals surface area contributed by atoms with E-state index >= 15 is 0 Å². The third-order valence-electron chi connectivity index (χ3n) is 3.35. The Morgan fingerprint density at radius 3 is 2.95 bits per heavy atom. The summed E-state index contributed by atoms with van der Waals surface area (Å²) in [4.78, 5) is 14.1. The Kier molecular flexibility index (Phi) is 5.37. The molecule has 0 saturated carbocycles. The lowest BCUT2D eigenvalue weighted by Crippen LogP contribution is -2.51. The molecule has 0 bridgehead atoms. The first-order valence-electron chi connectivity index (χ1n) is 6.51. The maximum atomic E-state index is 12.4. The van der Waals surface area contributed by atoms with Crippen molar-refractivity contribution in [2.24, 2.45) is 0 Å². The van der Waals surface area contributed by atoms with Crippen molar-refractivity contribution in [2.75, 3.05) is 26.3 Å². The van der Waals surface area contributed by atoms with Gasteiger partial charge >= 0.3 is 6.18 Å². The molecular formula is C13H16F3NO3S. The van der Waals surface area contributed by atoms with E-state index in [0.717, 1.165) is 0 Å². The highest BCUT2D eigenvalue weighted by Crippen LogP contribution is 2.23. The highest BCUT2D eigenvalue weighted by atomic mass is 32.1. The summed E-state index contributed by atoms with van der Waals surface area (Å²) in [6, 6.07) is 3.00. The Bertz CT molecular complexity index is 464. The van der Waals surface area contributed by atoms with Gasteiger partial charge in [0.2, 0.25) is 0 Å². The van der Waals surface area contributed by atoms with Crippen molar-refractivity contribution in [1.29, 1.82) is 0 Å². The molecule has 2 atom stereocenters. The van der Waals surface area contributed by atoms with Gasteiger partial charge in [0.25, 0.3) is 0 Å². The minimum atomic E-state index is -4.65. The molecule has 1 N–H and O–H groups in total. The molecule has 2 heterocycles. The first-order chi connectivity index (χ1) is 9.88. The van der Waals surface area contributed by atoms with Gasteiger partial charge in [0, 0.05) is 25.6 Å². The number of halogens is 3. The molecule has 0 aliphatic carbocycles. The minimum Gasteiger partial charge on any atom is -0.382 e. The summed E-state index contributed by atoms with van der Waals surface area (Å²) in [5.41, 5.74) is 0. The van der Waals surface area contributed by atoms with E-state index in [2.05, 4.69) is 0 Å². The highest BCUT2D eigenvalue weighted by molar-refractivity contribution is 7.12. The molecule has 0 spiro atoms. The number of hydrogen-bond donors (Lipinski definition) is 1. The number of Topliss-reactive ketones (excluding diaryl/α,β-unsaturated/α-hetero) is 1. The highest BCUT2D eigenvalue weighted by Gasteiger charge is 2.40. The van der Waals surface area contributed by atoms with E-state index in [1.807, 2.05) is 0 Å². The lowest BCUT2D eigenvalue weighted by Gasteiger charge is -2.36. The van der Waals surface area contributed by atoms with Gasteiger partial charge in [-0.2, -0.15) is 13.2 Å². The second-order valence-electron chi connectivity index (χ2n) is 4.89. The maximum absolute atomic E-state index is 12.4. The zero-order chi connectivity index (χ0) is 15.5. The fourth-order valence-corrected chi connectivity index (χ4v) is 2.87. The Morgan fingerprint density at radius 2 is 2.33 bits per heavy atom. The fourth-order valence-electron chi connectivity index (χ4n) is 2.20. The van der Waals surface area contributed by atoms with Crippen molar-refractivity contribution in [3.63, 3.8) is 0 Å². The van der Waals surface area contributed by atoms with Gasteiger partial charge in [0.05, 0.1) is 18.1 Å². The zero-order valence-electron chi connectivity index (χ0n) is 11.2. The van der Waals surface area contributed by atoms with Gasteiger partial charge in [-0.1, -0.05) is 6.07 Å². The van der Waals surface area contributed by atoms with Gasteiger partial charge < -0.3 is 9.84 Å². The summed E-state index contributed by atoms with van der Waals surface area (Å²) in [5, 5.41) is 11.0. The molecule has 8 heteroatoms. The topological polar surface area (TPSA) is 49.8 Å². The molecule has 1 aromatic rings. The Morgan fingerprint density at radius 1 is 1.57 bits per heavy atom. The van der Waals surface area contributed by atoms with Crippen LogP contribution in [0.25, 0.3) is 0 Å². The number of alkyl halides is 3. The summed E-state index contributed by atoms with van der Waals surface area (Å²) in [6.07, 6.45) is -6.97. The first kappa shape index (κ1) is 16.4. The minimum absolute atomic E-state index is 0.0884. The molecule has 1 aliphatic heterocycles. The van der Waals surface area contributed by atoms with Crippen molar-refractivity contribution in [1.82, 2.24) is 4.90 Å². The van der Waals surface area contributed by atoms with Gasteiger partial charge in [-0.05, 0) is 11.4 Å². The number of carbonyl (C=O) groups excluding carboxylic acids is 1. The monoisotopic (exact) mass is 323 g/mol. The van der Waals surface area contributed by atoms with Gasteiger partial charge in [-0.3, -0.25) is 9.69 Å². The molecule has 1 saturated heterocycles. The number of aliphatic hydroxyl groups excluding tert-OH is 1. The first-order valence-corrected chi connectivity index (χ1v) is 7.39. The Balaban J connectivity index is 1.97. The number of hydrogen-bond acceptors (Lipinski definition) is 5. The number of thiophene rings is 1. The van der Waals surface area contributed by atoms with Crippen LogP contribution in [0.4, 0.5) is 13.2 Å². The van der Waals surface area contributed by atoms with Crippen LogP contribution in [0.5, 0.6) is 0 Å². The second kappa shape index (κ2) is 6.87. The SMILES string of the molecule is O=C(C[C@H]1COCCN1C[C@H](O)C(F)(F)F)c1cccs1. The van der Waals surface area contributed by atoms with Crippen molar-refractivity contribution in [3.8, 4) is 0 Å². The second-order valence-corrected chi connectivity index (χ2v) is 5.83. The quantitative estimate of drug-likeness (QED) is 0.842. The number of carbonyl (C=O) groups is 1. The Hall–Kier alpha value is -0.960. The standard InChI is InChI=1S/C13H16F3NO3S/c14-13(15,16)12(19)7-17-3-4-20-8-9(17)6-10(18)11-2-1-5-21-11/h1-2,5,9,12,19H,3-4,6-8H2/t9-,12-/m0/s1. The molecular weight excluding hydrogens is 307 g/mol. The molecule has 0 radical (unpaired) electrons. The lowest BCUT2D eigenvalue weighted by molar-refractivity contribution is -0.212. The van der Waals surface area contributed by atoms with Crippen LogP contribution in [0.1, 0.15) is 16.1 Å². The number of β-amino-alcohol motifs (C(OH)–C–C–N with tert-alkyl or cyclic N) is 1. The molecule has 1 aromatic heterocycles. The van der Waals surface area contributed by atoms with Crippen LogP contribution >= 0.6 is 11.3 Å². The molecule has 1 fully saturated rings. The lowest BCUT2D eigenvalue weighted by atomic mass is 10.1. The van der Waals surface area contributed by atoms with Crippen LogP contribution in [0.3, 0.4) is 0 Å². The summed E-state index contributed by atoms with van der Waals surface area (Å²) in [7, 11) is 0. The number of rotatable bonds is 5. The molecule has 2 rings (SSSR count). The van der Waals surface area contributed by atoms with Crippen LogP contribution in [0, 0.1) is 0 Å². The van der Waals surface area contributed by atoms with Gasteiger partial charge in [-0.25, -0.2) is 0 Å². The van der Waals surface area contributed by atoms with Crippen LogP contribution < -0.4 is 0 Å². The summed E-state index contributed by atoms with van der Waals surface area (Å²) >= 11 is 1.30. The van der Waals surface area contributed by atoms with Crippen LogP contribution in [0.2, 0.25) is 0 Å². The molecule has 0 amide bonds. The molecule has 1 aliphatic rings. The van der Waals surface area contributed by atoms with E-state index in [0.29, 0.717) is 11.5 Å². The van der Waals surface area contributed by atoms with E-state index < -0.39 is 24.9 Å². The van der Waals surface area contributed by atoms with Crippen molar-refractivity contribution in [2.45, 2.75) is 24.7 Å². The number of aliphatic hydroxyl groups is 1. The number of ether oxygens (including phenoxy) is 1. The summed E-state index contributed by atoms with van der Waals surface area (Å²) < 4.78 is 42.6. The Labute approximate surface area is 124 Å².